The Kier molecular flexibility index (Phi) is 24.8. The van der Waals surface area contributed by atoms with Crippen LogP contribution in [0.3, 0.4) is 0 Å². The zero-order valence-electron chi connectivity index (χ0n) is 70.4. The highest BCUT2D eigenvalue weighted by atomic mass is 35.5. The Morgan fingerprint density at radius 3 is 1.25 bits per heavy atom. The van der Waals surface area contributed by atoms with Gasteiger partial charge in [0.2, 0.25) is 21.1 Å². The van der Waals surface area contributed by atoms with Crippen molar-refractivity contribution in [3.63, 3.8) is 0 Å². The maximum Gasteiger partial charge on any atom is 0.224 e. The largest absolute Gasteiger partial charge is 0.455 e. The van der Waals surface area contributed by atoms with Gasteiger partial charge in [-0.1, -0.05) is 351 Å². The topological polar surface area (TPSA) is 168 Å². The lowest BCUT2D eigenvalue weighted by molar-refractivity contribution is 0.670. The van der Waals surface area contributed by atoms with Gasteiger partial charge in [0.05, 0.1) is 71.0 Å². The molecule has 0 aliphatic carbocycles. The van der Waals surface area contributed by atoms with E-state index >= 15 is 0 Å². The second kappa shape index (κ2) is 38.6. The highest BCUT2D eigenvalue weighted by Crippen LogP contribution is 2.48. The zero-order valence-corrected chi connectivity index (χ0v) is 77.4. The first-order chi connectivity index (χ1) is 65.9. The molecule has 13 nitrogen and oxygen atoms in total. The third-order valence-corrected chi connectivity index (χ3v) is 27.1. The summed E-state index contributed by atoms with van der Waals surface area (Å²) >= 11 is 42.3. The van der Waals surface area contributed by atoms with E-state index in [4.69, 9.17) is 74.0 Å². The molecule has 26 rings (SSSR count). The van der Waals surface area contributed by atoms with Gasteiger partial charge in [0.1, 0.15) is 27.4 Å². The molecule has 10 heterocycles. The Balaban J connectivity index is 0.0000000968. The molecule has 10 aromatic heterocycles. The van der Waals surface area contributed by atoms with Crippen LogP contribution in [0.25, 0.3) is 216 Å². The molecule has 0 unspecified atom stereocenters. The first-order valence-electron chi connectivity index (χ1n) is 42.5. The zero-order chi connectivity index (χ0) is 90.5. The number of para-hydroxylation sites is 8. The number of rotatable bonds is 8. The number of benzene rings is 16. The standard InChI is InChI=1S/C22H13ClN2S.C20H11ClN2O.C20H13ClN2.C18H11ClN2.2C16H9ClN2S/c23-22-24-17-12-6-4-10-15(17)20(25-22)21-19(14-8-2-1-3-9-14)16-11-5-7-13-18(16)26-21;21-20-22-16-10-3-1-7-14(16)18(23-20)15-9-5-8-13-12-6-2-4-11-17(12)24-19(13)15;21-20-19(22-17-8-4-5-9-18(17)23-20)16-12-10-15(11-13-16)14-6-2-1-3-7-14;19-18-17(20-15-7-3-4-8-16(15)21-18)14-10-9-12-5-1-2-6-13(12)11-14;17-16-18-14(10-6-2-1-3-7-10)13-11-8-4-5-9-12(11)20-15(13)19-16;17-16-18-13(10-6-2-1-3-7-10)15-14(19-16)11-8-4-5-9-12(11)20-15/h1-13H;1-11H;1-13H;1-11H;2*1-9H. The highest BCUT2D eigenvalue weighted by Gasteiger charge is 2.23. The minimum atomic E-state index is 0.233. The molecule has 0 atom stereocenters. The first-order valence-corrected chi connectivity index (χ1v) is 47.2. The van der Waals surface area contributed by atoms with Crippen molar-refractivity contribution in [3.8, 4) is 89.1 Å². The van der Waals surface area contributed by atoms with Crippen molar-refractivity contribution in [3.05, 3.63) is 432 Å². The van der Waals surface area contributed by atoms with Crippen molar-refractivity contribution in [2.24, 2.45) is 0 Å². The van der Waals surface area contributed by atoms with Crippen molar-refractivity contribution in [1.29, 1.82) is 0 Å². The molecule has 0 aliphatic rings. The SMILES string of the molecule is Clc1nc(-c2cccc3c2oc2ccccc23)c2ccccc2n1.Clc1nc(-c2ccccc2)c2c(n1)sc1ccccc12.Clc1nc(-c2ccccc2)c2sc3ccccc3c2n1.Clc1nc(-c2sc3ccccc3c2-c2ccccc2)c2ccccc2n1.Clc1nc2ccccc2nc1-c1ccc(-c2ccccc2)cc1.Clc1nc2ccccc2nc1-c1ccc2ccccc2c1. The molecule has 0 spiro atoms. The number of furan rings is 1. The lowest BCUT2D eigenvalue weighted by Crippen LogP contribution is -1.91. The summed E-state index contributed by atoms with van der Waals surface area (Å²) in [5.41, 5.74) is 22.3. The van der Waals surface area contributed by atoms with Crippen LogP contribution < -0.4 is 0 Å². The number of halogens is 6. The molecular weight excluding hydrogens is 1840 g/mol. The smallest absolute Gasteiger partial charge is 0.224 e. The van der Waals surface area contributed by atoms with Crippen LogP contribution in [0.1, 0.15) is 0 Å². The van der Waals surface area contributed by atoms with Crippen LogP contribution in [-0.2, 0) is 0 Å². The van der Waals surface area contributed by atoms with Crippen LogP contribution >= 0.6 is 104 Å². The predicted molar refractivity (Wildman–Crippen MR) is 562 cm³/mol. The molecule has 0 aliphatic heterocycles. The van der Waals surface area contributed by atoms with E-state index in [1.165, 1.54) is 57.9 Å². The molecule has 26 aromatic rings. The normalized spacial score (nSPS) is 11.2. The van der Waals surface area contributed by atoms with Crippen LogP contribution in [0.15, 0.2) is 405 Å². The van der Waals surface area contributed by atoms with E-state index in [1.54, 1.807) is 34.0 Å². The molecule has 134 heavy (non-hydrogen) atoms. The van der Waals surface area contributed by atoms with Crippen LogP contribution in [0.4, 0.5) is 0 Å². The molecule has 0 N–H and O–H groups in total. The van der Waals surface area contributed by atoms with Crippen LogP contribution in [0.5, 0.6) is 0 Å². The maximum atomic E-state index is 6.32. The molecule has 0 fully saturated rings. The van der Waals surface area contributed by atoms with Gasteiger partial charge in [0.15, 0.2) is 10.3 Å². The molecule has 0 bridgehead atoms. The summed E-state index contributed by atoms with van der Waals surface area (Å²) in [6.07, 6.45) is 0. The molecule has 16 aromatic carbocycles. The number of thiophene rings is 3. The average molecular weight is 1900 g/mol. The van der Waals surface area contributed by atoms with Crippen molar-refractivity contribution in [2.45, 2.75) is 0 Å². The molecule has 0 amide bonds. The Hall–Kier alpha value is -14.8. The van der Waals surface area contributed by atoms with Crippen LogP contribution in [-0.4, -0.2) is 59.8 Å². The minimum Gasteiger partial charge on any atom is -0.455 e. The van der Waals surface area contributed by atoms with E-state index in [-0.39, 0.29) is 10.6 Å². The fraction of sp³-hybridized carbons (Fsp3) is 0. The van der Waals surface area contributed by atoms with Crippen molar-refractivity contribution < 1.29 is 4.42 Å². The first kappa shape index (κ1) is 86.0. The van der Waals surface area contributed by atoms with Crippen molar-refractivity contribution in [1.82, 2.24) is 59.8 Å². The Labute approximate surface area is 809 Å². The Morgan fingerprint density at radius 2 is 0.627 bits per heavy atom. The van der Waals surface area contributed by atoms with E-state index in [9.17, 15) is 0 Å². The monoisotopic (exact) mass is 1900 g/mol. The summed E-state index contributed by atoms with van der Waals surface area (Å²) < 4.78 is 10.9. The van der Waals surface area contributed by atoms with Gasteiger partial charge in [-0.3, -0.25) is 0 Å². The second-order valence-electron chi connectivity index (χ2n) is 30.8. The number of hydrogen-bond acceptors (Lipinski definition) is 16. The number of hydrogen-bond donors (Lipinski definition) is 0. The van der Waals surface area contributed by atoms with Gasteiger partial charge in [0, 0.05) is 90.6 Å². The number of aromatic nitrogens is 12. The second-order valence-corrected chi connectivity index (χ2v) is 36.0. The lowest BCUT2D eigenvalue weighted by atomic mass is 9.99. The van der Waals surface area contributed by atoms with Crippen LogP contribution in [0.2, 0.25) is 31.4 Å². The van der Waals surface area contributed by atoms with Gasteiger partial charge in [-0.15, -0.1) is 34.0 Å². The molecule has 22 heteroatoms. The summed E-state index contributed by atoms with van der Waals surface area (Å²) in [6, 6.07) is 134. The van der Waals surface area contributed by atoms with Crippen molar-refractivity contribution in [2.75, 3.05) is 0 Å². The van der Waals surface area contributed by atoms with E-state index < -0.39 is 0 Å². The van der Waals surface area contributed by atoms with Crippen LogP contribution in [0, 0.1) is 0 Å². The van der Waals surface area contributed by atoms with Gasteiger partial charge in [0.25, 0.3) is 0 Å². The van der Waals surface area contributed by atoms with E-state index in [0.717, 1.165) is 153 Å². The van der Waals surface area contributed by atoms with Gasteiger partial charge < -0.3 is 4.42 Å². The number of fused-ring (bicyclic) bond motifs is 15. The van der Waals surface area contributed by atoms with Gasteiger partial charge in [-0.25, -0.2) is 59.8 Å². The summed E-state index contributed by atoms with van der Waals surface area (Å²) in [5.74, 6) is 0. The van der Waals surface area contributed by atoms with Gasteiger partial charge >= 0.3 is 0 Å². The summed E-state index contributed by atoms with van der Waals surface area (Å²) in [7, 11) is 0. The molecule has 0 saturated heterocycles. The van der Waals surface area contributed by atoms with E-state index in [2.05, 4.69) is 199 Å². The summed E-state index contributed by atoms with van der Waals surface area (Å²) in [5, 5.41) is 13.1. The predicted octanol–water partition coefficient (Wildman–Crippen LogP) is 33.7. The molecule has 0 radical (unpaired) electrons. The highest BCUT2D eigenvalue weighted by molar-refractivity contribution is 7.26. The Morgan fingerprint density at radius 1 is 0.224 bits per heavy atom. The third-order valence-electron chi connectivity index (χ3n) is 22.5. The molecule has 0 saturated carbocycles. The molecular formula is C112H66Cl6N12OS3. The van der Waals surface area contributed by atoms with Gasteiger partial charge in [-0.05, 0) is 147 Å². The fourth-order valence-corrected chi connectivity index (χ4v) is 21.1. The summed E-state index contributed by atoms with van der Waals surface area (Å²) in [6.45, 7) is 0. The van der Waals surface area contributed by atoms with Crippen molar-refractivity contribution >= 4 is 231 Å². The Bertz CT molecular complexity index is 8880. The van der Waals surface area contributed by atoms with Gasteiger partial charge in [-0.2, -0.15) is 0 Å². The third kappa shape index (κ3) is 17.9. The summed E-state index contributed by atoms with van der Waals surface area (Å²) in [4.78, 5) is 55.7. The molecule has 640 valence electrons. The maximum absolute atomic E-state index is 6.32. The number of nitrogens with zero attached hydrogens (tertiary/aromatic N) is 12. The minimum absolute atomic E-state index is 0.233. The quantitative estimate of drug-likeness (QED) is 0.132. The average Bonchev–Trinajstić information content (AvgIpc) is 1.64. The van der Waals surface area contributed by atoms with E-state index in [1.807, 2.05) is 261 Å². The fourth-order valence-electron chi connectivity index (χ4n) is 16.4. The lowest BCUT2D eigenvalue weighted by Gasteiger charge is -2.08. The van der Waals surface area contributed by atoms with E-state index in [0.29, 0.717) is 26.6 Å².